The SMILES string of the molecule is CC[C@H]1O[C@@H](n2cnc3c(=O)[nH]c(N)nc32)C[C@H]1OP(=O)(O)O. The molecule has 3 atom stereocenters. The molecular formula is C11H16N5O6P. The molecule has 126 valence electrons. The van der Waals surface area contributed by atoms with Crippen molar-refractivity contribution >= 4 is 24.9 Å². The number of hydrogen-bond acceptors (Lipinski definition) is 7. The maximum atomic E-state index is 11.8. The first-order valence-electron chi connectivity index (χ1n) is 6.90. The molecule has 0 saturated carbocycles. The molecule has 1 aliphatic heterocycles. The zero-order chi connectivity index (χ0) is 16.8. The summed E-state index contributed by atoms with van der Waals surface area (Å²) in [5.41, 5.74) is 5.41. The third-order valence-corrected chi connectivity index (χ3v) is 4.16. The number of aromatic nitrogens is 4. The minimum atomic E-state index is -4.63. The van der Waals surface area contributed by atoms with Crippen molar-refractivity contribution in [1.29, 1.82) is 0 Å². The van der Waals surface area contributed by atoms with Crippen molar-refractivity contribution in [3.05, 3.63) is 16.7 Å². The first kappa shape index (κ1) is 16.1. The van der Waals surface area contributed by atoms with Crippen LogP contribution in [-0.2, 0) is 13.8 Å². The van der Waals surface area contributed by atoms with Crippen LogP contribution in [0.25, 0.3) is 11.2 Å². The van der Waals surface area contributed by atoms with E-state index in [1.165, 1.54) is 10.9 Å². The molecular weight excluding hydrogens is 329 g/mol. The van der Waals surface area contributed by atoms with E-state index in [1.807, 2.05) is 6.92 Å². The van der Waals surface area contributed by atoms with Crippen LogP contribution in [0.2, 0.25) is 0 Å². The van der Waals surface area contributed by atoms with Crippen molar-refractivity contribution in [2.75, 3.05) is 5.73 Å². The third kappa shape index (κ3) is 3.14. The highest BCUT2D eigenvalue weighted by atomic mass is 31.2. The molecule has 0 bridgehead atoms. The average Bonchev–Trinajstić information content (AvgIpc) is 3.00. The zero-order valence-electron chi connectivity index (χ0n) is 12.1. The van der Waals surface area contributed by atoms with E-state index in [0.717, 1.165) is 0 Å². The highest BCUT2D eigenvalue weighted by Crippen LogP contribution is 2.44. The Bertz CT molecular complexity index is 828. The second kappa shape index (κ2) is 5.69. The van der Waals surface area contributed by atoms with Gasteiger partial charge in [-0.1, -0.05) is 6.92 Å². The Morgan fingerprint density at radius 2 is 2.35 bits per heavy atom. The Morgan fingerprint density at radius 3 is 3.00 bits per heavy atom. The molecule has 2 aromatic heterocycles. The topological polar surface area (TPSA) is 166 Å². The summed E-state index contributed by atoms with van der Waals surface area (Å²) >= 11 is 0. The van der Waals surface area contributed by atoms with Crippen molar-refractivity contribution in [2.24, 2.45) is 0 Å². The Balaban J connectivity index is 1.94. The Kier molecular flexibility index (Phi) is 3.98. The summed E-state index contributed by atoms with van der Waals surface area (Å²) in [5, 5.41) is 0. The molecule has 12 heteroatoms. The molecule has 5 N–H and O–H groups in total. The van der Waals surface area contributed by atoms with Crippen LogP contribution < -0.4 is 11.3 Å². The molecule has 0 spiro atoms. The summed E-state index contributed by atoms with van der Waals surface area (Å²) in [6.45, 7) is 1.82. The highest BCUT2D eigenvalue weighted by molar-refractivity contribution is 7.46. The first-order valence-corrected chi connectivity index (χ1v) is 8.43. The molecule has 0 aromatic carbocycles. The smallest absolute Gasteiger partial charge is 0.369 e. The first-order chi connectivity index (χ1) is 10.8. The van der Waals surface area contributed by atoms with E-state index in [-0.39, 0.29) is 23.5 Å². The van der Waals surface area contributed by atoms with E-state index >= 15 is 0 Å². The molecule has 0 aliphatic carbocycles. The number of anilines is 1. The monoisotopic (exact) mass is 345 g/mol. The van der Waals surface area contributed by atoms with Crippen LogP contribution in [0.3, 0.4) is 0 Å². The van der Waals surface area contributed by atoms with Gasteiger partial charge in [0.2, 0.25) is 5.95 Å². The maximum Gasteiger partial charge on any atom is 0.469 e. The lowest BCUT2D eigenvalue weighted by molar-refractivity contribution is -0.0181. The largest absolute Gasteiger partial charge is 0.469 e. The summed E-state index contributed by atoms with van der Waals surface area (Å²) in [4.78, 5) is 40.1. The number of ether oxygens (including phenoxy) is 1. The highest BCUT2D eigenvalue weighted by Gasteiger charge is 2.40. The normalized spacial score (nSPS) is 25.3. The van der Waals surface area contributed by atoms with Crippen LogP contribution in [0, 0.1) is 0 Å². The van der Waals surface area contributed by atoms with Crippen molar-refractivity contribution < 1.29 is 23.6 Å². The number of nitrogen functional groups attached to an aromatic ring is 1. The number of aromatic amines is 1. The van der Waals surface area contributed by atoms with Crippen molar-refractivity contribution in [2.45, 2.75) is 38.2 Å². The molecule has 0 radical (unpaired) electrons. The predicted octanol–water partition coefficient (Wildman–Crippen LogP) is -0.123. The van der Waals surface area contributed by atoms with Gasteiger partial charge in [-0.15, -0.1) is 0 Å². The van der Waals surface area contributed by atoms with Gasteiger partial charge in [0.25, 0.3) is 5.56 Å². The Morgan fingerprint density at radius 1 is 1.61 bits per heavy atom. The van der Waals surface area contributed by atoms with E-state index in [0.29, 0.717) is 6.42 Å². The van der Waals surface area contributed by atoms with E-state index in [2.05, 4.69) is 15.0 Å². The minimum absolute atomic E-state index is 0.0581. The summed E-state index contributed by atoms with van der Waals surface area (Å²) in [7, 11) is -4.63. The number of fused-ring (bicyclic) bond motifs is 1. The molecule has 1 aliphatic rings. The number of nitrogens with one attached hydrogen (secondary N) is 1. The maximum absolute atomic E-state index is 11.8. The molecule has 3 rings (SSSR count). The number of hydrogen-bond donors (Lipinski definition) is 4. The second-order valence-electron chi connectivity index (χ2n) is 5.18. The van der Waals surface area contributed by atoms with E-state index in [4.69, 9.17) is 24.8 Å². The minimum Gasteiger partial charge on any atom is -0.369 e. The fourth-order valence-corrected chi connectivity index (χ4v) is 3.25. The fourth-order valence-electron chi connectivity index (χ4n) is 2.67. The average molecular weight is 345 g/mol. The van der Waals surface area contributed by atoms with Crippen LogP contribution >= 0.6 is 7.82 Å². The number of phosphoric ester groups is 1. The second-order valence-corrected chi connectivity index (χ2v) is 6.37. The van der Waals surface area contributed by atoms with Crippen LogP contribution in [0.4, 0.5) is 5.95 Å². The van der Waals surface area contributed by atoms with Crippen LogP contribution in [-0.4, -0.2) is 41.5 Å². The van der Waals surface area contributed by atoms with Crippen molar-refractivity contribution in [3.8, 4) is 0 Å². The third-order valence-electron chi connectivity index (χ3n) is 3.62. The number of phosphoric acid groups is 1. The lowest BCUT2D eigenvalue weighted by Gasteiger charge is -2.17. The quantitative estimate of drug-likeness (QED) is 0.552. The number of nitrogens with two attached hydrogens (primary N) is 1. The fraction of sp³-hybridized carbons (Fsp3) is 0.545. The summed E-state index contributed by atoms with van der Waals surface area (Å²) in [6, 6.07) is 0. The predicted molar refractivity (Wildman–Crippen MR) is 78.3 cm³/mol. The summed E-state index contributed by atoms with van der Waals surface area (Å²) in [5.74, 6) is -0.0581. The Hall–Kier alpha value is -1.78. The van der Waals surface area contributed by atoms with Gasteiger partial charge in [-0.2, -0.15) is 4.98 Å². The van der Waals surface area contributed by atoms with Gasteiger partial charge in [-0.3, -0.25) is 18.9 Å². The molecule has 11 nitrogen and oxygen atoms in total. The van der Waals surface area contributed by atoms with E-state index in [1.54, 1.807) is 0 Å². The van der Waals surface area contributed by atoms with Gasteiger partial charge in [0.15, 0.2) is 11.2 Å². The van der Waals surface area contributed by atoms with Crippen LogP contribution in [0.1, 0.15) is 26.0 Å². The molecule has 0 amide bonds. The number of nitrogens with zero attached hydrogens (tertiary/aromatic N) is 3. The van der Waals surface area contributed by atoms with Gasteiger partial charge in [0.05, 0.1) is 18.5 Å². The van der Waals surface area contributed by atoms with Gasteiger partial charge >= 0.3 is 7.82 Å². The van der Waals surface area contributed by atoms with E-state index < -0.39 is 31.8 Å². The molecule has 1 saturated heterocycles. The van der Waals surface area contributed by atoms with Crippen LogP contribution in [0.15, 0.2) is 11.1 Å². The molecule has 23 heavy (non-hydrogen) atoms. The lowest BCUT2D eigenvalue weighted by atomic mass is 10.1. The van der Waals surface area contributed by atoms with Crippen molar-refractivity contribution in [3.63, 3.8) is 0 Å². The zero-order valence-corrected chi connectivity index (χ0v) is 13.0. The summed E-state index contributed by atoms with van der Waals surface area (Å²) < 4.78 is 23.1. The van der Waals surface area contributed by atoms with Gasteiger partial charge in [-0.25, -0.2) is 9.55 Å². The molecule has 3 heterocycles. The van der Waals surface area contributed by atoms with E-state index in [9.17, 15) is 9.36 Å². The van der Waals surface area contributed by atoms with Crippen molar-refractivity contribution in [1.82, 2.24) is 19.5 Å². The number of imidazole rings is 1. The Labute approximate surface area is 129 Å². The van der Waals surface area contributed by atoms with Gasteiger partial charge in [-0.05, 0) is 6.42 Å². The molecule has 2 aromatic rings. The summed E-state index contributed by atoms with van der Waals surface area (Å²) in [6.07, 6.45) is 0.180. The van der Waals surface area contributed by atoms with Gasteiger partial charge in [0, 0.05) is 6.42 Å². The lowest BCUT2D eigenvalue weighted by Crippen LogP contribution is -2.22. The number of rotatable bonds is 4. The van der Waals surface area contributed by atoms with Crippen LogP contribution in [0.5, 0.6) is 0 Å². The molecule has 0 unspecified atom stereocenters. The van der Waals surface area contributed by atoms with Gasteiger partial charge in [0.1, 0.15) is 6.23 Å². The standard InChI is InChI=1S/C11H16N5O6P/c1-2-5-6(22-23(18,19)20)3-7(21-5)16-4-13-8-9(16)14-11(12)15-10(8)17/h4-7H,2-3H2,1H3,(H2,18,19,20)(H3,12,14,15,17)/t5-,6-,7-/m1/s1. The molecule has 1 fully saturated rings. The number of H-pyrrole nitrogens is 1. The van der Waals surface area contributed by atoms with Gasteiger partial charge < -0.3 is 20.3 Å².